The molecule has 1 aromatic rings. The van der Waals surface area contributed by atoms with E-state index in [1.165, 1.54) is 0 Å². The largest absolute Gasteiger partial charge is 0.366 e. The molecule has 0 bridgehead atoms. The highest BCUT2D eigenvalue weighted by molar-refractivity contribution is 6.18. The van der Waals surface area contributed by atoms with Gasteiger partial charge in [0.25, 0.3) is 0 Å². The average Bonchev–Trinajstić information content (AvgIpc) is 2.18. The summed E-state index contributed by atoms with van der Waals surface area (Å²) in [6.07, 6.45) is 1.73. The fraction of sp³-hybridized carbons (Fsp3) is 0.556. The van der Waals surface area contributed by atoms with E-state index in [0.717, 1.165) is 5.82 Å². The van der Waals surface area contributed by atoms with Crippen LogP contribution in [0.15, 0.2) is 12.3 Å². The Bertz CT molecular complexity index is 290. The number of halogens is 1. The zero-order valence-electron chi connectivity index (χ0n) is 8.66. The summed E-state index contributed by atoms with van der Waals surface area (Å²) >= 11 is 5.69. The number of aromatic nitrogens is 2. The van der Waals surface area contributed by atoms with E-state index >= 15 is 0 Å². The minimum atomic E-state index is 0.210. The van der Waals surface area contributed by atoms with Gasteiger partial charge in [-0.3, -0.25) is 0 Å². The van der Waals surface area contributed by atoms with Crippen molar-refractivity contribution in [3.8, 4) is 0 Å². The summed E-state index contributed by atoms with van der Waals surface area (Å²) in [5.74, 6) is 2.05. The molecule has 0 fully saturated rings. The van der Waals surface area contributed by atoms with Crippen LogP contribution in [0.5, 0.6) is 0 Å². The van der Waals surface area contributed by atoms with E-state index in [9.17, 15) is 0 Å². The predicted octanol–water partition coefficient (Wildman–Crippen LogP) is 1.58. The molecular weight excluding hydrogens is 200 g/mol. The third kappa shape index (κ3) is 3.03. The van der Waals surface area contributed by atoms with E-state index in [1.807, 2.05) is 32.0 Å². The quantitative estimate of drug-likeness (QED) is 0.773. The van der Waals surface area contributed by atoms with Crippen molar-refractivity contribution in [1.82, 2.24) is 9.97 Å². The molecule has 1 rings (SSSR count). The van der Waals surface area contributed by atoms with E-state index in [1.54, 1.807) is 6.20 Å². The first-order chi connectivity index (χ1) is 6.63. The monoisotopic (exact) mass is 214 g/mol. The second-order valence-electron chi connectivity index (χ2n) is 3.34. The maximum absolute atomic E-state index is 5.69. The van der Waals surface area contributed by atoms with Crippen LogP contribution in [0.2, 0.25) is 0 Å². The average molecular weight is 215 g/mol. The molecular formula is C9H15ClN4. The molecule has 0 saturated heterocycles. The Hall–Kier alpha value is -1.03. The van der Waals surface area contributed by atoms with Crippen molar-refractivity contribution < 1.29 is 0 Å². The van der Waals surface area contributed by atoms with Gasteiger partial charge in [0.15, 0.2) is 0 Å². The molecule has 1 unspecified atom stereocenters. The smallest absolute Gasteiger partial charge is 0.226 e. The second kappa shape index (κ2) is 5.00. The topological polar surface area (TPSA) is 41.1 Å². The standard InChI is InChI=1S/C9H15ClN4/c1-7(6-10)12-8-4-5-11-9(13-8)14(2)3/h4-5,7H,6H2,1-3H3,(H,11,12,13). The van der Waals surface area contributed by atoms with Gasteiger partial charge in [0.2, 0.25) is 5.95 Å². The van der Waals surface area contributed by atoms with Crippen molar-refractivity contribution in [3.63, 3.8) is 0 Å². The molecule has 4 nitrogen and oxygen atoms in total. The van der Waals surface area contributed by atoms with Gasteiger partial charge in [-0.25, -0.2) is 4.98 Å². The maximum Gasteiger partial charge on any atom is 0.226 e. The van der Waals surface area contributed by atoms with Gasteiger partial charge in [-0.2, -0.15) is 4.98 Å². The molecule has 1 N–H and O–H groups in total. The minimum absolute atomic E-state index is 0.210. The Morgan fingerprint density at radius 2 is 2.29 bits per heavy atom. The lowest BCUT2D eigenvalue weighted by Gasteiger charge is -2.14. The lowest BCUT2D eigenvalue weighted by Crippen LogP contribution is -2.19. The van der Waals surface area contributed by atoms with Gasteiger partial charge >= 0.3 is 0 Å². The van der Waals surface area contributed by atoms with Crippen LogP contribution < -0.4 is 10.2 Å². The number of hydrogen-bond acceptors (Lipinski definition) is 4. The third-order valence-electron chi connectivity index (χ3n) is 1.67. The molecule has 1 heterocycles. The van der Waals surface area contributed by atoms with E-state index in [0.29, 0.717) is 11.8 Å². The molecule has 0 spiro atoms. The first-order valence-electron chi connectivity index (χ1n) is 4.46. The zero-order valence-corrected chi connectivity index (χ0v) is 9.41. The molecule has 0 amide bonds. The van der Waals surface area contributed by atoms with Gasteiger partial charge in [-0.1, -0.05) is 0 Å². The van der Waals surface area contributed by atoms with Crippen LogP contribution in [0, 0.1) is 0 Å². The summed E-state index contributed by atoms with van der Waals surface area (Å²) in [6.45, 7) is 2.00. The summed E-state index contributed by atoms with van der Waals surface area (Å²) in [5.41, 5.74) is 0. The second-order valence-corrected chi connectivity index (χ2v) is 3.64. The normalized spacial score (nSPS) is 12.3. The van der Waals surface area contributed by atoms with E-state index in [4.69, 9.17) is 11.6 Å². The Balaban J connectivity index is 2.73. The van der Waals surface area contributed by atoms with Crippen molar-refractivity contribution in [2.45, 2.75) is 13.0 Å². The molecule has 0 aliphatic carbocycles. The van der Waals surface area contributed by atoms with Crippen molar-refractivity contribution in [2.24, 2.45) is 0 Å². The van der Waals surface area contributed by atoms with Crippen LogP contribution in [0.4, 0.5) is 11.8 Å². The summed E-state index contributed by atoms with van der Waals surface area (Å²) in [5, 5.41) is 3.18. The van der Waals surface area contributed by atoms with Gasteiger partial charge in [0.05, 0.1) is 0 Å². The molecule has 1 aromatic heterocycles. The molecule has 5 heteroatoms. The first-order valence-corrected chi connectivity index (χ1v) is 5.00. The van der Waals surface area contributed by atoms with Crippen molar-refractivity contribution >= 4 is 23.4 Å². The van der Waals surface area contributed by atoms with E-state index < -0.39 is 0 Å². The molecule has 1 atom stereocenters. The highest BCUT2D eigenvalue weighted by atomic mass is 35.5. The molecule has 0 aliphatic heterocycles. The third-order valence-corrected chi connectivity index (χ3v) is 2.13. The van der Waals surface area contributed by atoms with Crippen LogP contribution in [-0.4, -0.2) is 36.0 Å². The molecule has 14 heavy (non-hydrogen) atoms. The highest BCUT2D eigenvalue weighted by Crippen LogP contribution is 2.09. The molecule has 0 radical (unpaired) electrons. The lowest BCUT2D eigenvalue weighted by atomic mass is 10.4. The van der Waals surface area contributed by atoms with Crippen LogP contribution in [0.25, 0.3) is 0 Å². The number of nitrogens with one attached hydrogen (secondary N) is 1. The molecule has 0 aromatic carbocycles. The van der Waals surface area contributed by atoms with Crippen molar-refractivity contribution in [3.05, 3.63) is 12.3 Å². The minimum Gasteiger partial charge on any atom is -0.366 e. The molecule has 0 saturated carbocycles. The first kappa shape index (κ1) is 11.0. The fourth-order valence-electron chi connectivity index (χ4n) is 0.935. The van der Waals surface area contributed by atoms with Crippen molar-refractivity contribution in [2.75, 3.05) is 30.2 Å². The van der Waals surface area contributed by atoms with Gasteiger partial charge in [0.1, 0.15) is 5.82 Å². The Kier molecular flexibility index (Phi) is 3.95. The SMILES string of the molecule is CC(CCl)Nc1ccnc(N(C)C)n1. The van der Waals surface area contributed by atoms with E-state index in [2.05, 4.69) is 15.3 Å². The zero-order chi connectivity index (χ0) is 10.6. The van der Waals surface area contributed by atoms with Crippen LogP contribution in [0.3, 0.4) is 0 Å². The highest BCUT2D eigenvalue weighted by Gasteiger charge is 2.03. The van der Waals surface area contributed by atoms with Crippen LogP contribution in [0.1, 0.15) is 6.92 Å². The number of alkyl halides is 1. The Morgan fingerprint density at radius 1 is 1.57 bits per heavy atom. The summed E-state index contributed by atoms with van der Waals surface area (Å²) < 4.78 is 0. The summed E-state index contributed by atoms with van der Waals surface area (Å²) in [6, 6.07) is 2.04. The van der Waals surface area contributed by atoms with Gasteiger partial charge in [0, 0.05) is 32.2 Å². The lowest BCUT2D eigenvalue weighted by molar-refractivity contribution is 0.888. The van der Waals surface area contributed by atoms with Crippen LogP contribution >= 0.6 is 11.6 Å². The Labute approximate surface area is 89.3 Å². The number of hydrogen-bond donors (Lipinski definition) is 1. The maximum atomic E-state index is 5.69. The number of rotatable bonds is 4. The summed E-state index contributed by atoms with van der Waals surface area (Å²) in [7, 11) is 3.81. The van der Waals surface area contributed by atoms with Gasteiger partial charge in [-0.05, 0) is 13.0 Å². The number of nitrogens with zero attached hydrogens (tertiary/aromatic N) is 3. The van der Waals surface area contributed by atoms with Crippen molar-refractivity contribution in [1.29, 1.82) is 0 Å². The van der Waals surface area contributed by atoms with Crippen LogP contribution in [-0.2, 0) is 0 Å². The summed E-state index contributed by atoms with van der Waals surface area (Å²) in [4.78, 5) is 10.3. The fourth-order valence-corrected chi connectivity index (χ4v) is 1.01. The van der Waals surface area contributed by atoms with Gasteiger partial charge < -0.3 is 10.2 Å². The Morgan fingerprint density at radius 3 is 2.86 bits per heavy atom. The van der Waals surface area contributed by atoms with Gasteiger partial charge in [-0.15, -0.1) is 11.6 Å². The predicted molar refractivity (Wildman–Crippen MR) is 60.2 cm³/mol. The molecule has 0 aliphatic rings. The number of anilines is 2. The van der Waals surface area contributed by atoms with E-state index in [-0.39, 0.29) is 6.04 Å². The molecule has 78 valence electrons.